The summed E-state index contributed by atoms with van der Waals surface area (Å²) < 4.78 is 5.83. The molecular formula is C20H25N3O. The monoisotopic (exact) mass is 323 g/mol. The van der Waals surface area contributed by atoms with Crippen molar-refractivity contribution in [2.75, 3.05) is 33.2 Å². The molecule has 2 aromatic carbocycles. The van der Waals surface area contributed by atoms with Gasteiger partial charge in [-0.1, -0.05) is 29.8 Å². The normalized spacial score (nSPS) is 15.8. The van der Waals surface area contributed by atoms with Gasteiger partial charge in [-0.2, -0.15) is 5.10 Å². The van der Waals surface area contributed by atoms with Crippen molar-refractivity contribution in [1.29, 1.82) is 0 Å². The summed E-state index contributed by atoms with van der Waals surface area (Å²) in [6.07, 6.45) is 1.93. The fourth-order valence-electron chi connectivity index (χ4n) is 2.56. The summed E-state index contributed by atoms with van der Waals surface area (Å²) in [6.45, 7) is 6.81. The van der Waals surface area contributed by atoms with E-state index in [4.69, 9.17) is 4.74 Å². The Morgan fingerprint density at radius 2 is 1.62 bits per heavy atom. The van der Waals surface area contributed by atoms with E-state index in [0.717, 1.165) is 37.5 Å². The van der Waals surface area contributed by atoms with Crippen LogP contribution in [0.4, 0.5) is 0 Å². The molecule has 4 heteroatoms. The maximum Gasteiger partial charge on any atom is 0.119 e. The van der Waals surface area contributed by atoms with E-state index in [0.29, 0.717) is 6.61 Å². The van der Waals surface area contributed by atoms with E-state index in [-0.39, 0.29) is 0 Å². The number of hydrazone groups is 1. The summed E-state index contributed by atoms with van der Waals surface area (Å²) in [5, 5.41) is 6.69. The zero-order valence-corrected chi connectivity index (χ0v) is 14.5. The quantitative estimate of drug-likeness (QED) is 0.791. The summed E-state index contributed by atoms with van der Waals surface area (Å²) in [7, 11) is 2.15. The Balaban J connectivity index is 1.50. The average molecular weight is 323 g/mol. The Morgan fingerprint density at radius 3 is 2.29 bits per heavy atom. The number of benzene rings is 2. The predicted octanol–water partition coefficient (Wildman–Crippen LogP) is 3.16. The molecule has 1 fully saturated rings. The standard InChI is InChI=1S/C20H25N3O/c1-17-3-5-19(6-4-17)16-24-20-9-7-18(8-10-20)15-21-23-13-11-22(2)12-14-23/h3-10,15H,11-14,16H2,1-2H3/b21-15-. The molecule has 0 radical (unpaired) electrons. The van der Waals surface area contributed by atoms with Gasteiger partial charge in [-0.05, 0) is 49.4 Å². The zero-order valence-electron chi connectivity index (χ0n) is 14.5. The molecule has 0 N–H and O–H groups in total. The maximum atomic E-state index is 5.83. The van der Waals surface area contributed by atoms with Gasteiger partial charge in [0.05, 0.1) is 6.21 Å². The molecule has 1 saturated heterocycles. The molecule has 0 spiro atoms. The number of hydrogen-bond donors (Lipinski definition) is 0. The average Bonchev–Trinajstić information content (AvgIpc) is 2.62. The minimum atomic E-state index is 0.592. The number of rotatable bonds is 5. The lowest BCUT2D eigenvalue weighted by molar-refractivity contribution is 0.159. The van der Waals surface area contributed by atoms with Crippen LogP contribution in [0.1, 0.15) is 16.7 Å². The van der Waals surface area contributed by atoms with Crippen molar-refractivity contribution in [3.05, 3.63) is 65.2 Å². The number of hydrogen-bond acceptors (Lipinski definition) is 4. The summed E-state index contributed by atoms with van der Waals surface area (Å²) in [4.78, 5) is 2.33. The van der Waals surface area contributed by atoms with Gasteiger partial charge in [0.15, 0.2) is 0 Å². The van der Waals surface area contributed by atoms with E-state index in [1.165, 1.54) is 11.1 Å². The Hall–Kier alpha value is -2.33. The third-order valence-electron chi connectivity index (χ3n) is 4.26. The van der Waals surface area contributed by atoms with E-state index in [9.17, 15) is 0 Å². The van der Waals surface area contributed by atoms with E-state index < -0.39 is 0 Å². The molecule has 2 aromatic rings. The Bertz CT molecular complexity index is 656. The third kappa shape index (κ3) is 4.83. The first kappa shape index (κ1) is 16.5. The van der Waals surface area contributed by atoms with Crippen molar-refractivity contribution in [3.8, 4) is 5.75 Å². The van der Waals surface area contributed by atoms with Crippen LogP contribution in [0.3, 0.4) is 0 Å². The van der Waals surface area contributed by atoms with Crippen molar-refractivity contribution < 1.29 is 4.74 Å². The number of ether oxygens (including phenoxy) is 1. The Kier molecular flexibility index (Phi) is 5.49. The molecule has 0 saturated carbocycles. The Labute approximate surface area is 144 Å². The van der Waals surface area contributed by atoms with E-state index in [2.05, 4.69) is 53.2 Å². The van der Waals surface area contributed by atoms with Crippen LogP contribution >= 0.6 is 0 Å². The van der Waals surface area contributed by atoms with E-state index >= 15 is 0 Å². The molecule has 0 atom stereocenters. The van der Waals surface area contributed by atoms with Gasteiger partial charge < -0.3 is 9.64 Å². The van der Waals surface area contributed by atoms with Crippen LogP contribution < -0.4 is 4.74 Å². The van der Waals surface area contributed by atoms with Crippen molar-refractivity contribution in [1.82, 2.24) is 9.91 Å². The summed E-state index contributed by atoms with van der Waals surface area (Å²) in [6, 6.07) is 16.5. The van der Waals surface area contributed by atoms with Crippen molar-refractivity contribution in [3.63, 3.8) is 0 Å². The molecule has 1 heterocycles. The summed E-state index contributed by atoms with van der Waals surface area (Å²) >= 11 is 0. The fraction of sp³-hybridized carbons (Fsp3) is 0.350. The molecule has 0 aliphatic carbocycles. The second kappa shape index (κ2) is 7.97. The van der Waals surface area contributed by atoms with Gasteiger partial charge in [0.2, 0.25) is 0 Å². The van der Waals surface area contributed by atoms with Crippen LogP contribution in [0.25, 0.3) is 0 Å². The zero-order chi connectivity index (χ0) is 16.8. The van der Waals surface area contributed by atoms with Gasteiger partial charge in [-0.3, -0.25) is 5.01 Å². The fourth-order valence-corrected chi connectivity index (χ4v) is 2.56. The summed E-state index contributed by atoms with van der Waals surface area (Å²) in [5.41, 5.74) is 3.54. The van der Waals surface area contributed by atoms with Crippen molar-refractivity contribution in [2.24, 2.45) is 5.10 Å². The van der Waals surface area contributed by atoms with Crippen molar-refractivity contribution >= 4 is 6.21 Å². The molecule has 0 unspecified atom stereocenters. The van der Waals surface area contributed by atoms with Crippen LogP contribution in [0, 0.1) is 6.92 Å². The van der Waals surface area contributed by atoms with Crippen LogP contribution in [0.2, 0.25) is 0 Å². The second-order valence-corrected chi connectivity index (χ2v) is 6.34. The molecule has 0 amide bonds. The molecule has 126 valence electrons. The number of aryl methyl sites for hydroxylation is 1. The SMILES string of the molecule is Cc1ccc(COc2ccc(/C=N\N3CCN(C)CC3)cc2)cc1. The first-order valence-corrected chi connectivity index (χ1v) is 8.45. The van der Waals surface area contributed by atoms with Gasteiger partial charge >= 0.3 is 0 Å². The largest absolute Gasteiger partial charge is 0.489 e. The molecule has 0 aromatic heterocycles. The van der Waals surface area contributed by atoms with Gasteiger partial charge in [-0.25, -0.2) is 0 Å². The highest BCUT2D eigenvalue weighted by Gasteiger charge is 2.10. The molecule has 4 nitrogen and oxygen atoms in total. The van der Waals surface area contributed by atoms with Gasteiger partial charge in [0.1, 0.15) is 12.4 Å². The number of likely N-dealkylation sites (N-methyl/N-ethyl adjacent to an activating group) is 1. The maximum absolute atomic E-state index is 5.83. The highest BCUT2D eigenvalue weighted by atomic mass is 16.5. The highest BCUT2D eigenvalue weighted by molar-refractivity contribution is 5.79. The van der Waals surface area contributed by atoms with Crippen molar-refractivity contribution in [2.45, 2.75) is 13.5 Å². The molecule has 3 rings (SSSR count). The molecule has 0 bridgehead atoms. The van der Waals surface area contributed by atoms with Crippen LogP contribution in [0.5, 0.6) is 5.75 Å². The van der Waals surface area contributed by atoms with Crippen LogP contribution in [-0.2, 0) is 6.61 Å². The molecule has 1 aliphatic heterocycles. The third-order valence-corrected chi connectivity index (χ3v) is 4.26. The number of nitrogens with zero attached hydrogens (tertiary/aromatic N) is 3. The molecule has 24 heavy (non-hydrogen) atoms. The lowest BCUT2D eigenvalue weighted by Gasteiger charge is -2.30. The van der Waals surface area contributed by atoms with Crippen LogP contribution in [-0.4, -0.2) is 49.4 Å². The van der Waals surface area contributed by atoms with E-state index in [1.54, 1.807) is 0 Å². The lowest BCUT2D eigenvalue weighted by Crippen LogP contribution is -2.41. The summed E-state index contributed by atoms with van der Waals surface area (Å²) in [5.74, 6) is 0.882. The van der Waals surface area contributed by atoms with Gasteiger partial charge in [0, 0.05) is 26.2 Å². The minimum absolute atomic E-state index is 0.592. The molecular weight excluding hydrogens is 298 g/mol. The first-order chi connectivity index (χ1) is 11.7. The van der Waals surface area contributed by atoms with Gasteiger partial charge in [0.25, 0.3) is 0 Å². The predicted molar refractivity (Wildman–Crippen MR) is 98.6 cm³/mol. The first-order valence-electron chi connectivity index (χ1n) is 8.45. The molecule has 1 aliphatic rings. The minimum Gasteiger partial charge on any atom is -0.489 e. The second-order valence-electron chi connectivity index (χ2n) is 6.34. The van der Waals surface area contributed by atoms with Crippen LogP contribution in [0.15, 0.2) is 53.6 Å². The van der Waals surface area contributed by atoms with E-state index in [1.807, 2.05) is 30.5 Å². The highest BCUT2D eigenvalue weighted by Crippen LogP contribution is 2.14. The topological polar surface area (TPSA) is 28.1 Å². The van der Waals surface area contributed by atoms with Gasteiger partial charge in [-0.15, -0.1) is 0 Å². The Morgan fingerprint density at radius 1 is 0.958 bits per heavy atom. The number of piperazine rings is 1. The lowest BCUT2D eigenvalue weighted by atomic mass is 10.2. The smallest absolute Gasteiger partial charge is 0.119 e.